The molecule has 5 aromatic rings. The third-order valence-electron chi connectivity index (χ3n) is 5.30. The van der Waals surface area contributed by atoms with E-state index < -0.39 is 0 Å². The molecule has 0 radical (unpaired) electrons. The molecule has 140 valence electrons. The zero-order valence-electron chi connectivity index (χ0n) is 16.7. The molecule has 0 aliphatic heterocycles. The van der Waals surface area contributed by atoms with Crippen molar-refractivity contribution in [2.45, 2.75) is 34.1 Å². The maximum atomic E-state index is 6.45. The number of hydrogen-bond acceptors (Lipinski definition) is 3. The van der Waals surface area contributed by atoms with E-state index in [0.29, 0.717) is 0 Å². The summed E-state index contributed by atoms with van der Waals surface area (Å²) in [6.45, 7) is 8.98. The zero-order chi connectivity index (χ0) is 19.5. The molecule has 0 unspecified atom stereocenters. The fourth-order valence-electron chi connectivity index (χ4n) is 3.96. The van der Waals surface area contributed by atoms with Gasteiger partial charge in [-0.05, 0) is 64.9 Å². The molecule has 0 fully saturated rings. The van der Waals surface area contributed by atoms with Gasteiger partial charge >= 0.3 is 0 Å². The Morgan fingerprint density at radius 3 is 2.64 bits per heavy atom. The van der Waals surface area contributed by atoms with Crippen LogP contribution >= 0.6 is 11.3 Å². The molecular formula is C25H23NOS. The van der Waals surface area contributed by atoms with Gasteiger partial charge in [0.2, 0.25) is 0 Å². The van der Waals surface area contributed by atoms with Crippen LogP contribution in [0.15, 0.2) is 58.5 Å². The number of rotatable bonds is 2. The third-order valence-corrected chi connectivity index (χ3v) is 6.23. The first-order chi connectivity index (χ1) is 13.4. The summed E-state index contributed by atoms with van der Waals surface area (Å²) in [5.41, 5.74) is 6.79. The quantitative estimate of drug-likeness (QED) is 0.310. The molecule has 0 saturated heterocycles. The lowest BCUT2D eigenvalue weighted by molar-refractivity contribution is 0.410. The molecule has 0 N–H and O–H groups in total. The number of aryl methyl sites for hydroxylation is 1. The summed E-state index contributed by atoms with van der Waals surface area (Å²) in [7, 11) is 0. The Bertz CT molecular complexity index is 1330. The van der Waals surface area contributed by atoms with Crippen LogP contribution in [0.2, 0.25) is 0 Å². The first-order valence-electron chi connectivity index (χ1n) is 9.68. The van der Waals surface area contributed by atoms with Crippen molar-refractivity contribution >= 4 is 43.4 Å². The van der Waals surface area contributed by atoms with E-state index in [9.17, 15) is 0 Å². The molecule has 0 bridgehead atoms. The van der Waals surface area contributed by atoms with Crippen LogP contribution in [0, 0.1) is 12.3 Å². The maximum absolute atomic E-state index is 6.45. The highest BCUT2D eigenvalue weighted by Gasteiger charge is 2.18. The van der Waals surface area contributed by atoms with E-state index in [1.54, 1.807) is 11.3 Å². The average molecular weight is 386 g/mol. The molecule has 5 rings (SSSR count). The minimum atomic E-state index is 0.236. The lowest BCUT2D eigenvalue weighted by Crippen LogP contribution is -2.10. The average Bonchev–Trinajstić information content (AvgIpc) is 3.26. The van der Waals surface area contributed by atoms with Crippen LogP contribution < -0.4 is 0 Å². The van der Waals surface area contributed by atoms with Crippen LogP contribution in [0.4, 0.5) is 0 Å². The zero-order valence-corrected chi connectivity index (χ0v) is 17.5. The van der Waals surface area contributed by atoms with Gasteiger partial charge < -0.3 is 4.42 Å². The number of fused-ring (bicyclic) bond motifs is 5. The lowest BCUT2D eigenvalue weighted by atomic mass is 9.86. The summed E-state index contributed by atoms with van der Waals surface area (Å²) in [4.78, 5) is 4.75. The maximum Gasteiger partial charge on any atom is 0.153 e. The van der Waals surface area contributed by atoms with Gasteiger partial charge in [0.05, 0.1) is 10.4 Å². The van der Waals surface area contributed by atoms with E-state index >= 15 is 0 Å². The Hall–Kier alpha value is -2.65. The van der Waals surface area contributed by atoms with Crippen molar-refractivity contribution in [3.05, 3.63) is 65.2 Å². The second kappa shape index (κ2) is 6.18. The van der Waals surface area contributed by atoms with E-state index in [0.717, 1.165) is 34.2 Å². The highest BCUT2D eigenvalue weighted by atomic mass is 32.1. The van der Waals surface area contributed by atoms with E-state index in [1.807, 2.05) is 6.20 Å². The molecule has 0 amide bonds. The van der Waals surface area contributed by atoms with Gasteiger partial charge in [-0.15, -0.1) is 11.3 Å². The van der Waals surface area contributed by atoms with Crippen LogP contribution in [-0.2, 0) is 6.42 Å². The normalized spacial score (nSPS) is 12.4. The molecule has 28 heavy (non-hydrogen) atoms. The van der Waals surface area contributed by atoms with E-state index in [1.165, 1.54) is 26.6 Å². The SMILES string of the molecule is Cc1cnc(-c2cccc3c2oc2c3ccc3ccsc32)cc1CC(C)(C)C. The third kappa shape index (κ3) is 2.82. The molecule has 3 aromatic heterocycles. The minimum Gasteiger partial charge on any atom is -0.454 e. The van der Waals surface area contributed by atoms with Crippen molar-refractivity contribution in [1.82, 2.24) is 4.98 Å². The summed E-state index contributed by atoms with van der Waals surface area (Å²) in [6, 6.07) is 15.1. The van der Waals surface area contributed by atoms with Gasteiger partial charge in [0.1, 0.15) is 5.58 Å². The highest BCUT2D eigenvalue weighted by Crippen LogP contribution is 2.40. The van der Waals surface area contributed by atoms with Gasteiger partial charge in [-0.2, -0.15) is 0 Å². The molecule has 2 aromatic carbocycles. The molecule has 0 atom stereocenters. The summed E-state index contributed by atoms with van der Waals surface area (Å²) >= 11 is 1.74. The lowest BCUT2D eigenvalue weighted by Gasteiger charge is -2.20. The number of benzene rings is 2. The van der Waals surface area contributed by atoms with E-state index in [-0.39, 0.29) is 5.41 Å². The van der Waals surface area contributed by atoms with Gasteiger partial charge in [-0.1, -0.05) is 39.0 Å². The van der Waals surface area contributed by atoms with Gasteiger partial charge in [-0.3, -0.25) is 4.98 Å². The summed E-state index contributed by atoms with van der Waals surface area (Å²) in [5, 5.41) is 5.69. The Labute approximate surface area is 168 Å². The number of furan rings is 1. The van der Waals surface area contributed by atoms with Crippen molar-refractivity contribution in [2.24, 2.45) is 5.41 Å². The van der Waals surface area contributed by atoms with Crippen LogP contribution in [0.1, 0.15) is 31.9 Å². The number of para-hydroxylation sites is 1. The fraction of sp³-hybridized carbons (Fsp3) is 0.240. The Kier molecular flexibility index (Phi) is 3.85. The van der Waals surface area contributed by atoms with Crippen molar-refractivity contribution in [3.8, 4) is 11.3 Å². The van der Waals surface area contributed by atoms with Crippen molar-refractivity contribution in [2.75, 3.05) is 0 Å². The van der Waals surface area contributed by atoms with Gasteiger partial charge in [0, 0.05) is 22.5 Å². The number of hydrogen-bond donors (Lipinski definition) is 0. The largest absolute Gasteiger partial charge is 0.454 e. The van der Waals surface area contributed by atoms with Crippen molar-refractivity contribution in [3.63, 3.8) is 0 Å². The number of nitrogens with zero attached hydrogens (tertiary/aromatic N) is 1. The van der Waals surface area contributed by atoms with Crippen molar-refractivity contribution < 1.29 is 4.42 Å². The van der Waals surface area contributed by atoms with Crippen molar-refractivity contribution in [1.29, 1.82) is 0 Å². The second-order valence-corrected chi connectivity index (χ2v) is 9.72. The summed E-state index contributed by atoms with van der Waals surface area (Å²) < 4.78 is 7.66. The molecular weight excluding hydrogens is 362 g/mol. The van der Waals surface area contributed by atoms with Gasteiger partial charge in [-0.25, -0.2) is 0 Å². The Balaban J connectivity index is 1.75. The fourth-order valence-corrected chi connectivity index (χ4v) is 4.84. The second-order valence-electron chi connectivity index (χ2n) is 8.80. The predicted molar refractivity (Wildman–Crippen MR) is 120 cm³/mol. The number of aromatic nitrogens is 1. The van der Waals surface area contributed by atoms with E-state index in [2.05, 4.69) is 75.5 Å². The van der Waals surface area contributed by atoms with Crippen LogP contribution in [0.3, 0.4) is 0 Å². The van der Waals surface area contributed by atoms with Crippen LogP contribution in [0.5, 0.6) is 0 Å². The Morgan fingerprint density at radius 2 is 1.82 bits per heavy atom. The standard InChI is InChI=1S/C25H23NOS/c1-15-14-26-21(12-17(15)13-25(2,3)4)20-7-5-6-18-19-9-8-16-10-11-28-24(16)23(19)27-22(18)20/h5-12,14H,13H2,1-4H3. The van der Waals surface area contributed by atoms with Gasteiger partial charge in [0.25, 0.3) is 0 Å². The van der Waals surface area contributed by atoms with Crippen LogP contribution in [0.25, 0.3) is 43.3 Å². The highest BCUT2D eigenvalue weighted by molar-refractivity contribution is 7.18. The molecule has 3 heterocycles. The molecule has 2 nitrogen and oxygen atoms in total. The summed E-state index contributed by atoms with van der Waals surface area (Å²) in [5.74, 6) is 0. The smallest absolute Gasteiger partial charge is 0.153 e. The number of pyridine rings is 1. The van der Waals surface area contributed by atoms with E-state index in [4.69, 9.17) is 9.40 Å². The monoisotopic (exact) mass is 385 g/mol. The molecule has 3 heteroatoms. The topological polar surface area (TPSA) is 26.0 Å². The minimum absolute atomic E-state index is 0.236. The Morgan fingerprint density at radius 1 is 1.00 bits per heavy atom. The predicted octanol–water partition coefficient (Wildman–Crippen LogP) is 7.76. The molecule has 0 aliphatic carbocycles. The molecule has 0 saturated carbocycles. The number of thiophene rings is 1. The molecule has 0 spiro atoms. The first kappa shape index (κ1) is 17.4. The summed E-state index contributed by atoms with van der Waals surface area (Å²) in [6.07, 6.45) is 3.02. The molecule has 0 aliphatic rings. The van der Waals surface area contributed by atoms with Gasteiger partial charge in [0.15, 0.2) is 5.58 Å². The van der Waals surface area contributed by atoms with Crippen LogP contribution in [-0.4, -0.2) is 4.98 Å². The first-order valence-corrected chi connectivity index (χ1v) is 10.6.